The molecular formula is C15H19ClN2S. The van der Waals surface area contributed by atoms with Crippen LogP contribution in [0.15, 0.2) is 24.3 Å². The molecule has 4 heteroatoms. The summed E-state index contributed by atoms with van der Waals surface area (Å²) in [7, 11) is 0. The summed E-state index contributed by atoms with van der Waals surface area (Å²) in [6.45, 7) is 8.45. The maximum Gasteiger partial charge on any atom is 0.0900 e. The van der Waals surface area contributed by atoms with Gasteiger partial charge in [-0.2, -0.15) is 0 Å². The topological polar surface area (TPSA) is 24.9 Å². The predicted octanol–water partition coefficient (Wildman–Crippen LogP) is 4.83. The van der Waals surface area contributed by atoms with Gasteiger partial charge in [-0.3, -0.25) is 0 Å². The van der Waals surface area contributed by atoms with E-state index in [2.05, 4.69) is 37.1 Å². The molecule has 0 radical (unpaired) electrons. The molecule has 0 bridgehead atoms. The molecule has 0 saturated carbocycles. The van der Waals surface area contributed by atoms with Gasteiger partial charge in [-0.05, 0) is 39.3 Å². The van der Waals surface area contributed by atoms with Gasteiger partial charge in [0.2, 0.25) is 0 Å². The Morgan fingerprint density at radius 3 is 2.42 bits per heavy atom. The second-order valence-corrected chi connectivity index (χ2v) is 6.62. The van der Waals surface area contributed by atoms with Crippen molar-refractivity contribution in [3.05, 3.63) is 50.4 Å². The number of halogens is 1. The number of aromatic nitrogens is 1. The fraction of sp³-hybridized carbons (Fsp3) is 0.400. The molecule has 2 aromatic rings. The molecule has 2 nitrogen and oxygen atoms in total. The Bertz CT molecular complexity index is 565. The highest BCUT2D eigenvalue weighted by Gasteiger charge is 2.17. The third-order valence-electron chi connectivity index (χ3n) is 3.22. The van der Waals surface area contributed by atoms with Crippen LogP contribution in [0, 0.1) is 13.8 Å². The minimum atomic E-state index is 0.199. The first-order valence-corrected chi connectivity index (χ1v) is 7.63. The van der Waals surface area contributed by atoms with Gasteiger partial charge in [0.05, 0.1) is 10.7 Å². The molecule has 1 N–H and O–H groups in total. The number of hydrogen-bond donors (Lipinski definition) is 1. The summed E-state index contributed by atoms with van der Waals surface area (Å²) in [5.74, 6) is 0. The van der Waals surface area contributed by atoms with Crippen molar-refractivity contribution in [1.29, 1.82) is 0 Å². The molecule has 2 atom stereocenters. The van der Waals surface area contributed by atoms with Crippen LogP contribution in [0.1, 0.15) is 47.1 Å². The van der Waals surface area contributed by atoms with Crippen molar-refractivity contribution in [3.63, 3.8) is 0 Å². The first-order chi connectivity index (χ1) is 8.99. The molecule has 0 amide bonds. The van der Waals surface area contributed by atoms with E-state index in [1.165, 1.54) is 4.88 Å². The lowest BCUT2D eigenvalue weighted by Crippen LogP contribution is -2.23. The van der Waals surface area contributed by atoms with Gasteiger partial charge < -0.3 is 5.32 Å². The number of rotatable bonds is 4. The van der Waals surface area contributed by atoms with Crippen LogP contribution in [0.25, 0.3) is 0 Å². The number of nitrogens with zero attached hydrogens (tertiary/aromatic N) is 1. The summed E-state index contributed by atoms with van der Waals surface area (Å²) in [4.78, 5) is 5.88. The molecule has 1 unspecified atom stereocenters. The molecule has 0 aliphatic rings. The first-order valence-electron chi connectivity index (χ1n) is 6.43. The van der Waals surface area contributed by atoms with Crippen LogP contribution < -0.4 is 5.32 Å². The summed E-state index contributed by atoms with van der Waals surface area (Å²) in [6, 6.07) is 8.38. The molecule has 1 aromatic carbocycles. The van der Waals surface area contributed by atoms with Crippen molar-refractivity contribution in [2.24, 2.45) is 0 Å². The molecule has 0 spiro atoms. The van der Waals surface area contributed by atoms with Gasteiger partial charge in [-0.15, -0.1) is 11.3 Å². The van der Waals surface area contributed by atoms with Gasteiger partial charge >= 0.3 is 0 Å². The summed E-state index contributed by atoms with van der Waals surface area (Å²) in [6.07, 6.45) is 0. The second kappa shape index (κ2) is 6.04. The van der Waals surface area contributed by atoms with Gasteiger partial charge in [-0.25, -0.2) is 4.98 Å². The van der Waals surface area contributed by atoms with Crippen molar-refractivity contribution in [2.45, 2.75) is 39.8 Å². The standard InChI is InChI=1S/C15H19ClN2S/c1-9(13-7-5-6-8-14(13)16)17-10(2)15-11(3)19-12(4)18-15/h5-10,17H,1-4H3/t9-,10?/m0/s1. The minimum absolute atomic E-state index is 0.199. The van der Waals surface area contributed by atoms with E-state index in [0.717, 1.165) is 21.3 Å². The van der Waals surface area contributed by atoms with Crippen LogP contribution in [0.2, 0.25) is 5.02 Å². The zero-order valence-electron chi connectivity index (χ0n) is 11.7. The summed E-state index contributed by atoms with van der Waals surface area (Å²) in [5.41, 5.74) is 2.27. The average Bonchev–Trinajstić information content (AvgIpc) is 2.69. The van der Waals surface area contributed by atoms with Crippen LogP contribution in [0.5, 0.6) is 0 Å². The van der Waals surface area contributed by atoms with Crippen LogP contribution in [-0.2, 0) is 0 Å². The maximum atomic E-state index is 6.23. The van der Waals surface area contributed by atoms with E-state index < -0.39 is 0 Å². The quantitative estimate of drug-likeness (QED) is 0.874. The highest BCUT2D eigenvalue weighted by Crippen LogP contribution is 2.27. The van der Waals surface area contributed by atoms with E-state index in [4.69, 9.17) is 11.6 Å². The molecule has 1 aromatic heterocycles. The van der Waals surface area contributed by atoms with Gasteiger partial charge in [-0.1, -0.05) is 29.8 Å². The molecule has 0 aliphatic carbocycles. The Morgan fingerprint density at radius 2 is 1.84 bits per heavy atom. The molecule has 0 fully saturated rings. The van der Waals surface area contributed by atoms with E-state index in [1.54, 1.807) is 11.3 Å². The third-order valence-corrected chi connectivity index (χ3v) is 4.47. The molecule has 2 rings (SSSR count). The lowest BCUT2D eigenvalue weighted by Gasteiger charge is -2.20. The van der Waals surface area contributed by atoms with Crippen LogP contribution in [0.3, 0.4) is 0 Å². The van der Waals surface area contributed by atoms with E-state index in [-0.39, 0.29) is 12.1 Å². The SMILES string of the molecule is Cc1nc(C(C)N[C@@H](C)c2ccccc2Cl)c(C)s1. The van der Waals surface area contributed by atoms with Crippen molar-refractivity contribution >= 4 is 22.9 Å². The third kappa shape index (κ3) is 3.35. The highest BCUT2D eigenvalue weighted by molar-refractivity contribution is 7.11. The van der Waals surface area contributed by atoms with Crippen molar-refractivity contribution in [3.8, 4) is 0 Å². The van der Waals surface area contributed by atoms with Crippen LogP contribution in [0.4, 0.5) is 0 Å². The van der Waals surface area contributed by atoms with Gasteiger partial charge in [0.25, 0.3) is 0 Å². The van der Waals surface area contributed by atoms with Gasteiger partial charge in [0.15, 0.2) is 0 Å². The predicted molar refractivity (Wildman–Crippen MR) is 83.0 cm³/mol. The molecule has 0 aliphatic heterocycles. The smallest absolute Gasteiger partial charge is 0.0900 e. The Hall–Kier alpha value is -0.900. The summed E-state index contributed by atoms with van der Waals surface area (Å²) < 4.78 is 0. The van der Waals surface area contributed by atoms with Gasteiger partial charge in [0.1, 0.15) is 0 Å². The molecular weight excluding hydrogens is 276 g/mol. The monoisotopic (exact) mass is 294 g/mol. The van der Waals surface area contributed by atoms with E-state index in [9.17, 15) is 0 Å². The minimum Gasteiger partial charge on any atom is -0.302 e. The zero-order valence-corrected chi connectivity index (χ0v) is 13.3. The molecule has 1 heterocycles. The largest absolute Gasteiger partial charge is 0.302 e. The van der Waals surface area contributed by atoms with Crippen LogP contribution in [-0.4, -0.2) is 4.98 Å². The molecule has 102 valence electrons. The number of hydrogen-bond acceptors (Lipinski definition) is 3. The average molecular weight is 295 g/mol. The maximum absolute atomic E-state index is 6.23. The van der Waals surface area contributed by atoms with E-state index in [1.807, 2.05) is 25.1 Å². The Labute approximate surface area is 123 Å². The van der Waals surface area contributed by atoms with Crippen molar-refractivity contribution in [2.75, 3.05) is 0 Å². The van der Waals surface area contributed by atoms with E-state index in [0.29, 0.717) is 0 Å². The van der Waals surface area contributed by atoms with Crippen molar-refractivity contribution in [1.82, 2.24) is 10.3 Å². The van der Waals surface area contributed by atoms with Crippen LogP contribution >= 0.6 is 22.9 Å². The number of benzene rings is 1. The summed E-state index contributed by atoms with van der Waals surface area (Å²) >= 11 is 7.98. The fourth-order valence-electron chi connectivity index (χ4n) is 2.32. The Morgan fingerprint density at radius 1 is 1.16 bits per heavy atom. The summed E-state index contributed by atoms with van der Waals surface area (Å²) in [5, 5.41) is 5.49. The molecule has 19 heavy (non-hydrogen) atoms. The normalized spacial score (nSPS) is 14.4. The van der Waals surface area contributed by atoms with E-state index >= 15 is 0 Å². The first kappa shape index (κ1) is 14.5. The molecule has 0 saturated heterocycles. The highest BCUT2D eigenvalue weighted by atomic mass is 35.5. The number of nitrogens with one attached hydrogen (secondary N) is 1. The zero-order chi connectivity index (χ0) is 14.0. The Kier molecular flexibility index (Phi) is 4.61. The van der Waals surface area contributed by atoms with Crippen molar-refractivity contribution < 1.29 is 0 Å². The second-order valence-electron chi connectivity index (χ2n) is 4.81. The number of thiazole rings is 1. The lowest BCUT2D eigenvalue weighted by atomic mass is 10.1. The lowest BCUT2D eigenvalue weighted by molar-refractivity contribution is 0.486. The number of aryl methyl sites for hydroxylation is 2. The van der Waals surface area contributed by atoms with Gasteiger partial charge in [0, 0.05) is 22.0 Å². The fourth-order valence-corrected chi connectivity index (χ4v) is 3.53. The Balaban J connectivity index is 2.13.